The summed E-state index contributed by atoms with van der Waals surface area (Å²) in [7, 11) is 0. The highest BCUT2D eigenvalue weighted by molar-refractivity contribution is 4.84. The zero-order chi connectivity index (χ0) is 12.1. The Balaban J connectivity index is 1.74. The van der Waals surface area contributed by atoms with E-state index in [0.717, 1.165) is 19.6 Å². The van der Waals surface area contributed by atoms with E-state index in [-0.39, 0.29) is 5.54 Å². The summed E-state index contributed by atoms with van der Waals surface area (Å²) in [6.07, 6.45) is 8.24. The molecule has 0 atom stereocenters. The standard InChI is InChI=1S/C13H24N4/c1-13(2)11-16(7-3-5-15-13)8-4-9-17-10-6-14-12-17/h6,10,12,15H,3-5,7-9,11H2,1-2H3. The maximum atomic E-state index is 4.07. The Morgan fingerprint density at radius 1 is 1.35 bits per heavy atom. The summed E-state index contributed by atoms with van der Waals surface area (Å²) in [6.45, 7) is 10.4. The molecular formula is C13H24N4. The summed E-state index contributed by atoms with van der Waals surface area (Å²) in [5.41, 5.74) is 0.255. The van der Waals surface area contributed by atoms with Gasteiger partial charge in [0, 0.05) is 31.0 Å². The third-order valence-electron chi connectivity index (χ3n) is 3.32. The van der Waals surface area contributed by atoms with Gasteiger partial charge >= 0.3 is 0 Å². The first-order valence-electron chi connectivity index (χ1n) is 6.59. The van der Waals surface area contributed by atoms with Gasteiger partial charge in [-0.25, -0.2) is 4.98 Å². The van der Waals surface area contributed by atoms with Crippen LogP contribution in [0.25, 0.3) is 0 Å². The molecule has 1 aromatic heterocycles. The van der Waals surface area contributed by atoms with Crippen LogP contribution in [0.5, 0.6) is 0 Å². The van der Waals surface area contributed by atoms with Gasteiger partial charge in [0.2, 0.25) is 0 Å². The van der Waals surface area contributed by atoms with Crippen molar-refractivity contribution in [2.75, 3.05) is 26.2 Å². The van der Waals surface area contributed by atoms with Crippen molar-refractivity contribution < 1.29 is 0 Å². The second-order valence-corrected chi connectivity index (χ2v) is 5.59. The van der Waals surface area contributed by atoms with Crippen molar-refractivity contribution in [1.29, 1.82) is 0 Å². The number of aromatic nitrogens is 2. The predicted molar refractivity (Wildman–Crippen MR) is 70.0 cm³/mol. The molecule has 4 nitrogen and oxygen atoms in total. The van der Waals surface area contributed by atoms with E-state index in [1.165, 1.54) is 25.9 Å². The van der Waals surface area contributed by atoms with Crippen molar-refractivity contribution in [3.05, 3.63) is 18.7 Å². The SMILES string of the molecule is CC1(C)CN(CCCn2ccnc2)CCCN1. The van der Waals surface area contributed by atoms with E-state index in [2.05, 4.69) is 33.6 Å². The average molecular weight is 236 g/mol. The van der Waals surface area contributed by atoms with E-state index >= 15 is 0 Å². The fraction of sp³-hybridized carbons (Fsp3) is 0.769. The second-order valence-electron chi connectivity index (χ2n) is 5.59. The Hall–Kier alpha value is -0.870. The molecule has 1 aromatic rings. The minimum absolute atomic E-state index is 0.255. The Morgan fingerprint density at radius 2 is 2.24 bits per heavy atom. The molecule has 2 heterocycles. The molecule has 1 fully saturated rings. The minimum atomic E-state index is 0.255. The van der Waals surface area contributed by atoms with Crippen LogP contribution in [0.4, 0.5) is 0 Å². The molecule has 4 heteroatoms. The second kappa shape index (κ2) is 5.65. The fourth-order valence-electron chi connectivity index (χ4n) is 2.51. The molecule has 0 bridgehead atoms. The van der Waals surface area contributed by atoms with Gasteiger partial charge in [0.15, 0.2) is 0 Å². The molecule has 0 aliphatic carbocycles. The van der Waals surface area contributed by atoms with Gasteiger partial charge in [0.25, 0.3) is 0 Å². The van der Waals surface area contributed by atoms with Gasteiger partial charge in [-0.2, -0.15) is 0 Å². The highest BCUT2D eigenvalue weighted by Gasteiger charge is 2.23. The first-order valence-corrected chi connectivity index (χ1v) is 6.59. The van der Waals surface area contributed by atoms with Crippen LogP contribution in [-0.2, 0) is 6.54 Å². The quantitative estimate of drug-likeness (QED) is 0.856. The van der Waals surface area contributed by atoms with Gasteiger partial charge < -0.3 is 14.8 Å². The molecule has 1 saturated heterocycles. The molecule has 1 aliphatic rings. The van der Waals surface area contributed by atoms with Gasteiger partial charge in [-0.15, -0.1) is 0 Å². The first kappa shape index (κ1) is 12.6. The topological polar surface area (TPSA) is 33.1 Å². The molecule has 0 saturated carbocycles. The number of nitrogens with zero attached hydrogens (tertiary/aromatic N) is 3. The minimum Gasteiger partial charge on any atom is -0.337 e. The highest BCUT2D eigenvalue weighted by atomic mass is 15.2. The Bertz CT molecular complexity index is 318. The molecule has 0 unspecified atom stereocenters. The van der Waals surface area contributed by atoms with Gasteiger partial charge in [-0.3, -0.25) is 0 Å². The van der Waals surface area contributed by atoms with Crippen molar-refractivity contribution in [1.82, 2.24) is 19.8 Å². The number of nitrogens with one attached hydrogen (secondary N) is 1. The summed E-state index contributed by atoms with van der Waals surface area (Å²) < 4.78 is 2.15. The zero-order valence-corrected chi connectivity index (χ0v) is 11.0. The lowest BCUT2D eigenvalue weighted by atomic mass is 10.1. The Morgan fingerprint density at radius 3 is 3.00 bits per heavy atom. The van der Waals surface area contributed by atoms with Crippen LogP contribution in [0.15, 0.2) is 18.7 Å². The molecule has 1 N–H and O–H groups in total. The van der Waals surface area contributed by atoms with Crippen molar-refractivity contribution in [2.45, 2.75) is 38.8 Å². The van der Waals surface area contributed by atoms with E-state index in [9.17, 15) is 0 Å². The van der Waals surface area contributed by atoms with E-state index in [0.29, 0.717) is 0 Å². The van der Waals surface area contributed by atoms with Crippen molar-refractivity contribution in [3.63, 3.8) is 0 Å². The molecular weight excluding hydrogens is 212 g/mol. The van der Waals surface area contributed by atoms with Crippen molar-refractivity contribution in [3.8, 4) is 0 Å². The largest absolute Gasteiger partial charge is 0.337 e. The number of rotatable bonds is 4. The molecule has 0 aromatic carbocycles. The molecule has 1 aliphatic heterocycles. The predicted octanol–water partition coefficient (Wildman–Crippen LogP) is 1.35. The number of hydrogen-bond acceptors (Lipinski definition) is 3. The van der Waals surface area contributed by atoms with Crippen LogP contribution in [-0.4, -0.2) is 46.2 Å². The summed E-state index contributed by atoms with van der Waals surface area (Å²) in [4.78, 5) is 6.65. The van der Waals surface area contributed by atoms with E-state index in [1.54, 1.807) is 0 Å². The lowest BCUT2D eigenvalue weighted by Gasteiger charge is -2.30. The molecule has 0 amide bonds. The molecule has 0 spiro atoms. The van der Waals surface area contributed by atoms with Crippen LogP contribution in [0, 0.1) is 0 Å². The van der Waals surface area contributed by atoms with Gasteiger partial charge in [-0.05, 0) is 46.3 Å². The molecule has 2 rings (SSSR count). The van der Waals surface area contributed by atoms with Crippen LogP contribution >= 0.6 is 0 Å². The van der Waals surface area contributed by atoms with Gasteiger partial charge in [0.1, 0.15) is 0 Å². The van der Waals surface area contributed by atoms with Gasteiger partial charge in [0.05, 0.1) is 6.33 Å². The summed E-state index contributed by atoms with van der Waals surface area (Å²) in [5.74, 6) is 0. The summed E-state index contributed by atoms with van der Waals surface area (Å²) in [5, 5.41) is 3.60. The summed E-state index contributed by atoms with van der Waals surface area (Å²) in [6, 6.07) is 0. The van der Waals surface area contributed by atoms with Crippen LogP contribution in [0.2, 0.25) is 0 Å². The third-order valence-corrected chi connectivity index (χ3v) is 3.32. The Labute approximate surface area is 104 Å². The molecule has 96 valence electrons. The number of imidazole rings is 1. The normalized spacial score (nSPS) is 21.3. The third kappa shape index (κ3) is 4.13. The Kier molecular flexibility index (Phi) is 4.18. The van der Waals surface area contributed by atoms with Crippen molar-refractivity contribution >= 4 is 0 Å². The van der Waals surface area contributed by atoms with Crippen LogP contribution in [0.1, 0.15) is 26.7 Å². The first-order chi connectivity index (χ1) is 8.16. The number of hydrogen-bond donors (Lipinski definition) is 1. The van der Waals surface area contributed by atoms with Crippen LogP contribution in [0.3, 0.4) is 0 Å². The van der Waals surface area contributed by atoms with Crippen LogP contribution < -0.4 is 5.32 Å². The maximum Gasteiger partial charge on any atom is 0.0945 e. The lowest BCUT2D eigenvalue weighted by molar-refractivity contribution is 0.225. The van der Waals surface area contributed by atoms with Gasteiger partial charge in [-0.1, -0.05) is 0 Å². The fourth-order valence-corrected chi connectivity index (χ4v) is 2.51. The molecule has 17 heavy (non-hydrogen) atoms. The zero-order valence-electron chi connectivity index (χ0n) is 11.0. The van der Waals surface area contributed by atoms with E-state index in [4.69, 9.17) is 0 Å². The lowest BCUT2D eigenvalue weighted by Crippen LogP contribution is -2.46. The maximum absolute atomic E-state index is 4.07. The summed E-state index contributed by atoms with van der Waals surface area (Å²) >= 11 is 0. The number of aryl methyl sites for hydroxylation is 1. The average Bonchev–Trinajstić information content (AvgIpc) is 2.70. The monoisotopic (exact) mass is 236 g/mol. The smallest absolute Gasteiger partial charge is 0.0945 e. The van der Waals surface area contributed by atoms with E-state index in [1.807, 2.05) is 18.7 Å². The molecule has 0 radical (unpaired) electrons. The highest BCUT2D eigenvalue weighted by Crippen LogP contribution is 2.10. The van der Waals surface area contributed by atoms with Crippen molar-refractivity contribution in [2.24, 2.45) is 0 Å². The van der Waals surface area contributed by atoms with E-state index < -0.39 is 0 Å².